The van der Waals surface area contributed by atoms with Gasteiger partial charge in [-0.1, -0.05) is 11.6 Å². The zero-order valence-corrected chi connectivity index (χ0v) is 10.7. The third-order valence-corrected chi connectivity index (χ3v) is 2.43. The Bertz CT molecular complexity index is 244. The fraction of sp³-hybridized carbons (Fsp3) is 0.727. The molecular weight excluding hydrogens is 228 g/mol. The van der Waals surface area contributed by atoms with Crippen molar-refractivity contribution >= 4 is 18.3 Å². The van der Waals surface area contributed by atoms with Gasteiger partial charge in [-0.15, -0.1) is 12.4 Å². The Morgan fingerprint density at radius 1 is 1.69 bits per heavy atom. The second kappa shape index (κ2) is 8.56. The van der Waals surface area contributed by atoms with Crippen LogP contribution in [0.3, 0.4) is 0 Å². The van der Waals surface area contributed by atoms with Gasteiger partial charge in [-0.2, -0.15) is 0 Å². The van der Waals surface area contributed by atoms with E-state index in [0.717, 1.165) is 19.5 Å². The summed E-state index contributed by atoms with van der Waals surface area (Å²) in [6, 6.07) is 0. The smallest absolute Gasteiger partial charge is 0.249 e. The number of ether oxygens (including phenoxy) is 1. The quantitative estimate of drug-likeness (QED) is 0.710. The van der Waals surface area contributed by atoms with Gasteiger partial charge in [0.05, 0.1) is 0 Å². The average Bonchev–Trinajstić information content (AvgIpc) is 2.27. The number of carbonyl (C=O) groups is 1. The minimum absolute atomic E-state index is 0. The van der Waals surface area contributed by atoms with Crippen LogP contribution in [0.4, 0.5) is 0 Å². The summed E-state index contributed by atoms with van der Waals surface area (Å²) in [6.07, 6.45) is 2.80. The molecule has 94 valence electrons. The van der Waals surface area contributed by atoms with Gasteiger partial charge in [-0.05, 0) is 26.8 Å². The van der Waals surface area contributed by atoms with Crippen LogP contribution in [0.5, 0.6) is 0 Å². The average molecular weight is 249 g/mol. The molecule has 5 heteroatoms. The molecule has 1 atom stereocenters. The first-order chi connectivity index (χ1) is 7.24. The Morgan fingerprint density at radius 2 is 2.44 bits per heavy atom. The molecule has 1 rings (SSSR count). The van der Waals surface area contributed by atoms with Crippen molar-refractivity contribution in [1.29, 1.82) is 0 Å². The van der Waals surface area contributed by atoms with Crippen LogP contribution < -0.4 is 10.6 Å². The molecule has 1 aliphatic rings. The van der Waals surface area contributed by atoms with Gasteiger partial charge < -0.3 is 15.4 Å². The zero-order valence-electron chi connectivity index (χ0n) is 9.91. The molecule has 1 amide bonds. The van der Waals surface area contributed by atoms with Crippen LogP contribution in [0.15, 0.2) is 11.6 Å². The predicted molar refractivity (Wildman–Crippen MR) is 66.9 cm³/mol. The summed E-state index contributed by atoms with van der Waals surface area (Å²) in [7, 11) is 0. The Balaban J connectivity index is 0.00000225. The van der Waals surface area contributed by atoms with Crippen molar-refractivity contribution in [3.8, 4) is 0 Å². The maximum Gasteiger partial charge on any atom is 0.249 e. The van der Waals surface area contributed by atoms with E-state index in [-0.39, 0.29) is 24.4 Å². The summed E-state index contributed by atoms with van der Waals surface area (Å²) in [6.45, 7) is 6.79. The molecule has 1 unspecified atom stereocenters. The molecule has 0 aromatic heterocycles. The molecule has 16 heavy (non-hydrogen) atoms. The topological polar surface area (TPSA) is 50.4 Å². The van der Waals surface area contributed by atoms with Gasteiger partial charge in [0, 0.05) is 19.7 Å². The van der Waals surface area contributed by atoms with Gasteiger partial charge in [0.1, 0.15) is 6.10 Å². The second-order valence-corrected chi connectivity index (χ2v) is 3.63. The highest BCUT2D eigenvalue weighted by Crippen LogP contribution is 2.02. The molecule has 0 saturated carbocycles. The minimum Gasteiger partial charge on any atom is -0.369 e. The summed E-state index contributed by atoms with van der Waals surface area (Å²) in [5, 5.41) is 6.11. The third-order valence-electron chi connectivity index (χ3n) is 2.43. The van der Waals surface area contributed by atoms with E-state index in [1.54, 1.807) is 6.92 Å². The zero-order chi connectivity index (χ0) is 11.1. The first-order valence-electron chi connectivity index (χ1n) is 5.52. The number of rotatable bonds is 5. The van der Waals surface area contributed by atoms with Crippen molar-refractivity contribution in [3.63, 3.8) is 0 Å². The van der Waals surface area contributed by atoms with Crippen molar-refractivity contribution < 1.29 is 9.53 Å². The highest BCUT2D eigenvalue weighted by atomic mass is 35.5. The fourth-order valence-electron chi connectivity index (χ4n) is 1.50. The number of carbonyl (C=O) groups excluding carboxylic acids is 1. The largest absolute Gasteiger partial charge is 0.369 e. The molecule has 0 aliphatic carbocycles. The van der Waals surface area contributed by atoms with Gasteiger partial charge in [-0.3, -0.25) is 4.79 Å². The maximum atomic E-state index is 11.5. The third kappa shape index (κ3) is 5.49. The van der Waals surface area contributed by atoms with E-state index in [0.29, 0.717) is 13.2 Å². The summed E-state index contributed by atoms with van der Waals surface area (Å²) in [5.41, 5.74) is 1.30. The lowest BCUT2D eigenvalue weighted by Gasteiger charge is -2.16. The van der Waals surface area contributed by atoms with Crippen molar-refractivity contribution in [3.05, 3.63) is 11.6 Å². The fourth-order valence-corrected chi connectivity index (χ4v) is 1.50. The number of halogens is 1. The lowest BCUT2D eigenvalue weighted by atomic mass is 10.1. The standard InChI is InChI=1S/C11H20N2O2.ClH/c1-3-15-9(2)11(14)13-8-10-4-6-12-7-5-10;/h4,9,12H,3,5-8H2,1-2H3,(H,13,14);1H. The van der Waals surface area contributed by atoms with Crippen molar-refractivity contribution in [1.82, 2.24) is 10.6 Å². The van der Waals surface area contributed by atoms with Crippen molar-refractivity contribution in [2.45, 2.75) is 26.4 Å². The van der Waals surface area contributed by atoms with Crippen LogP contribution in [0.1, 0.15) is 20.3 Å². The lowest BCUT2D eigenvalue weighted by molar-refractivity contribution is -0.131. The molecule has 1 aliphatic heterocycles. The molecular formula is C11H21ClN2O2. The molecule has 0 aromatic carbocycles. The van der Waals surface area contributed by atoms with E-state index in [2.05, 4.69) is 16.7 Å². The first-order valence-corrected chi connectivity index (χ1v) is 5.52. The van der Waals surface area contributed by atoms with Crippen LogP contribution in [-0.2, 0) is 9.53 Å². The highest BCUT2D eigenvalue weighted by Gasteiger charge is 2.12. The normalized spacial score (nSPS) is 17.0. The monoisotopic (exact) mass is 248 g/mol. The molecule has 1 heterocycles. The predicted octanol–water partition coefficient (Wildman–Crippen LogP) is 0.869. The molecule has 0 radical (unpaired) electrons. The SMILES string of the molecule is CCOC(C)C(=O)NCC1=CCNCC1.Cl. The van der Waals surface area contributed by atoms with E-state index >= 15 is 0 Å². The maximum absolute atomic E-state index is 11.5. The first kappa shape index (κ1) is 15.4. The summed E-state index contributed by atoms with van der Waals surface area (Å²) >= 11 is 0. The van der Waals surface area contributed by atoms with Gasteiger partial charge in [0.25, 0.3) is 0 Å². The van der Waals surface area contributed by atoms with E-state index < -0.39 is 0 Å². The van der Waals surface area contributed by atoms with Crippen LogP contribution in [-0.4, -0.2) is 38.3 Å². The highest BCUT2D eigenvalue weighted by molar-refractivity contribution is 5.85. The van der Waals surface area contributed by atoms with E-state index in [1.165, 1.54) is 5.57 Å². The molecule has 4 nitrogen and oxygen atoms in total. The van der Waals surface area contributed by atoms with Crippen LogP contribution in [0.2, 0.25) is 0 Å². The van der Waals surface area contributed by atoms with Gasteiger partial charge in [0.2, 0.25) is 5.91 Å². The Hall–Kier alpha value is -0.580. The Kier molecular flexibility index (Phi) is 8.25. The molecule has 0 aromatic rings. The number of hydrogen-bond donors (Lipinski definition) is 2. The van der Waals surface area contributed by atoms with E-state index in [9.17, 15) is 4.79 Å². The molecule has 0 saturated heterocycles. The van der Waals surface area contributed by atoms with Crippen LogP contribution in [0, 0.1) is 0 Å². The van der Waals surface area contributed by atoms with Gasteiger partial charge in [-0.25, -0.2) is 0 Å². The van der Waals surface area contributed by atoms with Crippen molar-refractivity contribution in [2.24, 2.45) is 0 Å². The second-order valence-electron chi connectivity index (χ2n) is 3.63. The van der Waals surface area contributed by atoms with Crippen molar-refractivity contribution in [2.75, 3.05) is 26.2 Å². The molecule has 0 bridgehead atoms. The van der Waals surface area contributed by atoms with Crippen LogP contribution >= 0.6 is 12.4 Å². The number of amides is 1. The molecule has 0 spiro atoms. The van der Waals surface area contributed by atoms with E-state index in [4.69, 9.17) is 4.74 Å². The summed E-state index contributed by atoms with van der Waals surface area (Å²) in [4.78, 5) is 11.5. The van der Waals surface area contributed by atoms with E-state index in [1.807, 2.05) is 6.92 Å². The summed E-state index contributed by atoms with van der Waals surface area (Å²) < 4.78 is 5.20. The van der Waals surface area contributed by atoms with Gasteiger partial charge >= 0.3 is 0 Å². The molecule has 0 fully saturated rings. The summed E-state index contributed by atoms with van der Waals surface area (Å²) in [5.74, 6) is -0.0312. The van der Waals surface area contributed by atoms with Gasteiger partial charge in [0.15, 0.2) is 0 Å². The minimum atomic E-state index is -0.350. The molecule has 2 N–H and O–H groups in total. The van der Waals surface area contributed by atoms with Crippen LogP contribution in [0.25, 0.3) is 0 Å². The number of nitrogens with one attached hydrogen (secondary N) is 2. The number of hydrogen-bond acceptors (Lipinski definition) is 3. The Morgan fingerprint density at radius 3 is 3.00 bits per heavy atom. The lowest BCUT2D eigenvalue weighted by Crippen LogP contribution is -2.36. The Labute approximate surface area is 103 Å².